The Morgan fingerprint density at radius 3 is 2.18 bits per heavy atom. The van der Waals surface area contributed by atoms with Gasteiger partial charge in [0.05, 0.1) is 17.2 Å². The Balaban J connectivity index is 2.07. The number of aryl methyl sites for hydroxylation is 1. The average Bonchev–Trinajstić information content (AvgIpc) is 2.93. The van der Waals surface area contributed by atoms with Gasteiger partial charge in [0.2, 0.25) is 11.8 Å². The number of rotatable bonds is 12. The molecule has 0 fully saturated rings. The summed E-state index contributed by atoms with van der Waals surface area (Å²) in [6.45, 7) is 5.74. The number of nitrogens with zero attached hydrogens (tertiary/aromatic N) is 2. The minimum absolute atomic E-state index is 0.0381. The van der Waals surface area contributed by atoms with E-state index in [1.165, 1.54) is 24.1 Å². The Bertz CT molecular complexity index is 1380. The molecule has 0 radical (unpaired) electrons. The van der Waals surface area contributed by atoms with E-state index in [1.807, 2.05) is 45.0 Å². The minimum atomic E-state index is -4.14. The standard InChI is InChI=1S/C29H34BrN3O5S/c1-5-27(29(35)31-4)32(19-22-10-8-7-9-21(22)3)28(34)20-33(24-13-15-25(16-14-24)38-6-2)39(36,37)26-17-11-23(30)12-18-26/h7-18,27H,5-6,19-20H2,1-4H3,(H,31,35)/t27-/m0/s1. The monoisotopic (exact) mass is 615 g/mol. The quantitative estimate of drug-likeness (QED) is 0.312. The number of halogens is 1. The number of sulfonamides is 1. The van der Waals surface area contributed by atoms with Gasteiger partial charge in [-0.15, -0.1) is 0 Å². The largest absolute Gasteiger partial charge is 0.494 e. The van der Waals surface area contributed by atoms with Crippen molar-refractivity contribution in [2.45, 2.75) is 44.7 Å². The second-order valence-corrected chi connectivity index (χ2v) is 11.7. The van der Waals surface area contributed by atoms with Crippen molar-refractivity contribution in [2.75, 3.05) is 24.5 Å². The molecule has 208 valence electrons. The molecule has 0 aliphatic heterocycles. The number of anilines is 1. The Morgan fingerprint density at radius 1 is 0.974 bits per heavy atom. The maximum absolute atomic E-state index is 14.0. The average molecular weight is 617 g/mol. The molecule has 0 saturated carbocycles. The van der Waals surface area contributed by atoms with Gasteiger partial charge in [-0.1, -0.05) is 47.1 Å². The van der Waals surface area contributed by atoms with Crippen LogP contribution in [-0.2, 0) is 26.2 Å². The van der Waals surface area contributed by atoms with Crippen LogP contribution in [0.4, 0.5) is 5.69 Å². The lowest BCUT2D eigenvalue weighted by Gasteiger charge is -2.33. The third-order valence-corrected chi connectivity index (χ3v) is 8.67. The number of amides is 2. The van der Waals surface area contributed by atoms with Gasteiger partial charge in [0.25, 0.3) is 10.0 Å². The second-order valence-electron chi connectivity index (χ2n) is 8.88. The second kappa shape index (κ2) is 13.6. The van der Waals surface area contributed by atoms with Gasteiger partial charge in [-0.25, -0.2) is 8.42 Å². The summed E-state index contributed by atoms with van der Waals surface area (Å²) >= 11 is 3.34. The van der Waals surface area contributed by atoms with Crippen LogP contribution in [0.2, 0.25) is 0 Å². The summed E-state index contributed by atoms with van der Waals surface area (Å²) in [6, 6.07) is 19.6. The first-order valence-electron chi connectivity index (χ1n) is 12.7. The Kier molecular flexibility index (Phi) is 10.5. The number of nitrogens with one attached hydrogen (secondary N) is 1. The SMILES string of the molecule is CCOc1ccc(N(CC(=O)N(Cc2ccccc2C)[C@@H](CC)C(=O)NC)S(=O)(=O)c2ccc(Br)cc2)cc1. The molecular formula is C29H34BrN3O5S. The Morgan fingerprint density at radius 2 is 1.62 bits per heavy atom. The summed E-state index contributed by atoms with van der Waals surface area (Å²) in [5, 5.41) is 2.63. The lowest BCUT2D eigenvalue weighted by Crippen LogP contribution is -2.51. The number of carbonyl (C=O) groups is 2. The molecule has 0 spiro atoms. The summed E-state index contributed by atoms with van der Waals surface area (Å²) < 4.78 is 35.1. The van der Waals surface area contributed by atoms with Crippen molar-refractivity contribution in [3.63, 3.8) is 0 Å². The molecule has 3 rings (SSSR count). The molecule has 0 heterocycles. The zero-order chi connectivity index (χ0) is 28.6. The van der Waals surface area contributed by atoms with Crippen LogP contribution < -0.4 is 14.4 Å². The van der Waals surface area contributed by atoms with Gasteiger partial charge >= 0.3 is 0 Å². The van der Waals surface area contributed by atoms with E-state index in [0.717, 1.165) is 19.9 Å². The maximum Gasteiger partial charge on any atom is 0.264 e. The fourth-order valence-electron chi connectivity index (χ4n) is 4.19. The van der Waals surface area contributed by atoms with Gasteiger partial charge in [0.15, 0.2) is 0 Å². The topological polar surface area (TPSA) is 96.0 Å². The first-order valence-corrected chi connectivity index (χ1v) is 14.9. The molecule has 3 aromatic carbocycles. The number of hydrogen-bond acceptors (Lipinski definition) is 5. The van der Waals surface area contributed by atoms with Crippen molar-refractivity contribution >= 4 is 43.5 Å². The van der Waals surface area contributed by atoms with Gasteiger partial charge in [0, 0.05) is 18.1 Å². The minimum Gasteiger partial charge on any atom is -0.494 e. The fraction of sp³-hybridized carbons (Fsp3) is 0.310. The van der Waals surface area contributed by atoms with E-state index < -0.39 is 28.5 Å². The van der Waals surface area contributed by atoms with Crippen molar-refractivity contribution in [3.8, 4) is 5.75 Å². The van der Waals surface area contributed by atoms with Crippen LogP contribution in [0, 0.1) is 6.92 Å². The van der Waals surface area contributed by atoms with Crippen molar-refractivity contribution in [1.29, 1.82) is 0 Å². The predicted molar refractivity (Wildman–Crippen MR) is 156 cm³/mol. The van der Waals surface area contributed by atoms with Gasteiger partial charge in [-0.05, 0) is 79.9 Å². The molecule has 39 heavy (non-hydrogen) atoms. The van der Waals surface area contributed by atoms with E-state index in [4.69, 9.17) is 4.74 Å². The van der Waals surface area contributed by atoms with E-state index in [1.54, 1.807) is 36.4 Å². The lowest BCUT2D eigenvalue weighted by molar-refractivity contribution is -0.140. The molecule has 8 nitrogen and oxygen atoms in total. The molecule has 0 aliphatic rings. The number of benzene rings is 3. The summed E-state index contributed by atoms with van der Waals surface area (Å²) in [5.74, 6) is -0.230. The zero-order valence-electron chi connectivity index (χ0n) is 22.6. The van der Waals surface area contributed by atoms with Crippen LogP contribution in [-0.4, -0.2) is 51.4 Å². The van der Waals surface area contributed by atoms with E-state index in [-0.39, 0.29) is 17.3 Å². The highest BCUT2D eigenvalue weighted by molar-refractivity contribution is 9.10. The van der Waals surface area contributed by atoms with Crippen LogP contribution in [0.3, 0.4) is 0 Å². The van der Waals surface area contributed by atoms with E-state index in [2.05, 4.69) is 21.2 Å². The third-order valence-electron chi connectivity index (χ3n) is 6.35. The lowest BCUT2D eigenvalue weighted by atomic mass is 10.1. The Labute approximate surface area is 239 Å². The molecule has 1 N–H and O–H groups in total. The highest BCUT2D eigenvalue weighted by Gasteiger charge is 2.33. The van der Waals surface area contributed by atoms with Gasteiger partial charge in [0.1, 0.15) is 18.3 Å². The number of hydrogen-bond donors (Lipinski definition) is 1. The molecule has 2 amide bonds. The van der Waals surface area contributed by atoms with Gasteiger partial charge < -0.3 is 15.0 Å². The number of ether oxygens (including phenoxy) is 1. The summed E-state index contributed by atoms with van der Waals surface area (Å²) in [4.78, 5) is 28.3. The Hall–Kier alpha value is -3.37. The fourth-order valence-corrected chi connectivity index (χ4v) is 5.87. The van der Waals surface area contributed by atoms with Crippen molar-refractivity contribution in [1.82, 2.24) is 10.2 Å². The number of likely N-dealkylation sites (N-methyl/N-ethyl adjacent to an activating group) is 1. The van der Waals surface area contributed by atoms with Crippen molar-refractivity contribution in [3.05, 3.63) is 88.4 Å². The van der Waals surface area contributed by atoms with Crippen LogP contribution in [0.1, 0.15) is 31.4 Å². The molecule has 0 aliphatic carbocycles. The molecule has 0 unspecified atom stereocenters. The first kappa shape index (κ1) is 30.2. The summed E-state index contributed by atoms with van der Waals surface area (Å²) in [6.07, 6.45) is 0.361. The predicted octanol–water partition coefficient (Wildman–Crippen LogP) is 4.90. The van der Waals surface area contributed by atoms with Crippen LogP contribution >= 0.6 is 15.9 Å². The normalized spacial score (nSPS) is 11.9. The van der Waals surface area contributed by atoms with Crippen molar-refractivity contribution < 1.29 is 22.7 Å². The third kappa shape index (κ3) is 7.39. The van der Waals surface area contributed by atoms with E-state index >= 15 is 0 Å². The highest BCUT2D eigenvalue weighted by Crippen LogP contribution is 2.27. The smallest absolute Gasteiger partial charge is 0.264 e. The molecular weight excluding hydrogens is 582 g/mol. The van der Waals surface area contributed by atoms with E-state index in [0.29, 0.717) is 24.5 Å². The molecule has 10 heteroatoms. The zero-order valence-corrected chi connectivity index (χ0v) is 25.0. The van der Waals surface area contributed by atoms with Crippen LogP contribution in [0.25, 0.3) is 0 Å². The molecule has 0 saturated heterocycles. The van der Waals surface area contributed by atoms with Crippen LogP contribution in [0.15, 0.2) is 82.2 Å². The van der Waals surface area contributed by atoms with Crippen molar-refractivity contribution in [2.24, 2.45) is 0 Å². The molecule has 0 aromatic heterocycles. The maximum atomic E-state index is 14.0. The van der Waals surface area contributed by atoms with Gasteiger partial charge in [-0.3, -0.25) is 13.9 Å². The molecule has 0 bridgehead atoms. The molecule has 1 atom stereocenters. The summed E-state index contributed by atoms with van der Waals surface area (Å²) in [7, 11) is -2.62. The van der Waals surface area contributed by atoms with Crippen LogP contribution in [0.5, 0.6) is 5.75 Å². The van der Waals surface area contributed by atoms with Gasteiger partial charge in [-0.2, -0.15) is 0 Å². The molecule has 3 aromatic rings. The number of carbonyl (C=O) groups excluding carboxylic acids is 2. The highest BCUT2D eigenvalue weighted by atomic mass is 79.9. The summed E-state index contributed by atoms with van der Waals surface area (Å²) in [5.41, 5.74) is 2.14. The first-order chi connectivity index (χ1) is 18.6. The van der Waals surface area contributed by atoms with E-state index in [9.17, 15) is 18.0 Å².